The lowest BCUT2D eigenvalue weighted by Gasteiger charge is -2.19. The Hall–Kier alpha value is -1.25. The number of carbonyl (C=O) groups excluding carboxylic acids is 2. The molecule has 0 aromatic heterocycles. The molecular weight excluding hydrogens is 725 g/mol. The first-order valence-corrected chi connectivity index (χ1v) is 25.2. The average Bonchev–Trinajstić information content (AvgIpc) is 3.18. The molecule has 0 heterocycles. The van der Waals surface area contributed by atoms with Crippen LogP contribution >= 0.6 is 7.82 Å². The summed E-state index contributed by atoms with van der Waals surface area (Å²) in [5.74, 6) is -0.827. The first-order chi connectivity index (χ1) is 27.3. The molecular formula is C46H90NO8P. The Labute approximate surface area is 345 Å². The normalized spacial score (nSPS) is 13.3. The average molecular weight is 816 g/mol. The van der Waals surface area contributed by atoms with Crippen LogP contribution in [0.1, 0.15) is 239 Å². The van der Waals surface area contributed by atoms with E-state index in [1.807, 2.05) is 0 Å². The van der Waals surface area contributed by atoms with Crippen molar-refractivity contribution in [2.45, 2.75) is 245 Å². The van der Waals surface area contributed by atoms with Crippen molar-refractivity contribution in [2.24, 2.45) is 5.73 Å². The minimum absolute atomic E-state index is 0.0552. The Kier molecular flexibility index (Phi) is 42.4. The SMILES string of the molecule is CCCCC/C=C/CCCCCCCC(=O)OC[C@H](COP(=O)(O)OCCN)OC(=O)CCCCCCCCCCCCCCCCCCCCCCCCC. The molecule has 56 heavy (non-hydrogen) atoms. The van der Waals surface area contributed by atoms with Gasteiger partial charge in [-0.2, -0.15) is 0 Å². The molecule has 0 radical (unpaired) electrons. The topological polar surface area (TPSA) is 134 Å². The lowest BCUT2D eigenvalue weighted by Crippen LogP contribution is -2.29. The third-order valence-corrected chi connectivity index (χ3v) is 11.4. The van der Waals surface area contributed by atoms with Crippen LogP contribution in [0.15, 0.2) is 12.2 Å². The standard InChI is InChI=1S/C46H90NO8P/c1-3-5-7-9-11-13-15-17-18-19-20-21-22-23-24-25-26-27-29-31-33-35-37-39-46(49)55-44(43-54-56(50,51)53-41-40-47)42-52-45(48)38-36-34-32-30-28-16-14-12-10-8-6-4-2/h12,14,44H,3-11,13,15-43,47H2,1-2H3,(H,50,51)/b14-12+/t44-/m1/s1. The van der Waals surface area contributed by atoms with Gasteiger partial charge in [0, 0.05) is 19.4 Å². The van der Waals surface area contributed by atoms with Crippen molar-refractivity contribution in [1.29, 1.82) is 0 Å². The molecule has 0 aromatic rings. The number of phosphoric ester groups is 1. The summed E-state index contributed by atoms with van der Waals surface area (Å²) >= 11 is 0. The molecule has 0 aliphatic carbocycles. The van der Waals surface area contributed by atoms with Crippen LogP contribution in [0.3, 0.4) is 0 Å². The maximum atomic E-state index is 12.6. The van der Waals surface area contributed by atoms with Crippen LogP contribution in [0.25, 0.3) is 0 Å². The van der Waals surface area contributed by atoms with Gasteiger partial charge in [-0.15, -0.1) is 0 Å². The van der Waals surface area contributed by atoms with Crippen molar-refractivity contribution >= 4 is 19.8 Å². The second-order valence-corrected chi connectivity index (χ2v) is 17.4. The highest BCUT2D eigenvalue weighted by Gasteiger charge is 2.26. The zero-order valence-corrected chi connectivity index (χ0v) is 37.5. The Bertz CT molecular complexity index is 933. The third kappa shape index (κ3) is 42.4. The number of phosphoric acid groups is 1. The van der Waals surface area contributed by atoms with Crippen LogP contribution in [0.4, 0.5) is 0 Å². The minimum Gasteiger partial charge on any atom is -0.462 e. The Morgan fingerprint density at radius 3 is 1.30 bits per heavy atom. The summed E-state index contributed by atoms with van der Waals surface area (Å²) in [5, 5.41) is 0. The van der Waals surface area contributed by atoms with Crippen molar-refractivity contribution in [2.75, 3.05) is 26.4 Å². The van der Waals surface area contributed by atoms with Crippen LogP contribution in [-0.4, -0.2) is 49.3 Å². The van der Waals surface area contributed by atoms with Gasteiger partial charge >= 0.3 is 19.8 Å². The molecule has 2 atom stereocenters. The predicted octanol–water partition coefficient (Wildman–Crippen LogP) is 13.8. The molecule has 0 saturated heterocycles. The van der Waals surface area contributed by atoms with E-state index < -0.39 is 26.5 Å². The summed E-state index contributed by atoms with van der Waals surface area (Å²) < 4.78 is 32.8. The largest absolute Gasteiger partial charge is 0.472 e. The van der Waals surface area contributed by atoms with E-state index >= 15 is 0 Å². The number of esters is 2. The number of hydrogen-bond donors (Lipinski definition) is 2. The number of rotatable bonds is 45. The van der Waals surface area contributed by atoms with Crippen molar-refractivity contribution in [1.82, 2.24) is 0 Å². The van der Waals surface area contributed by atoms with Gasteiger partial charge in [-0.25, -0.2) is 4.57 Å². The number of ether oxygens (including phenoxy) is 2. The van der Waals surface area contributed by atoms with Gasteiger partial charge < -0.3 is 20.1 Å². The van der Waals surface area contributed by atoms with Crippen LogP contribution in [0.2, 0.25) is 0 Å². The number of nitrogens with two attached hydrogens (primary N) is 1. The van der Waals surface area contributed by atoms with Gasteiger partial charge in [0.2, 0.25) is 0 Å². The molecule has 0 fully saturated rings. The first kappa shape index (κ1) is 54.8. The Morgan fingerprint density at radius 2 is 0.875 bits per heavy atom. The van der Waals surface area contributed by atoms with E-state index in [9.17, 15) is 19.0 Å². The van der Waals surface area contributed by atoms with E-state index in [-0.39, 0.29) is 38.6 Å². The van der Waals surface area contributed by atoms with Gasteiger partial charge in [-0.1, -0.05) is 199 Å². The highest BCUT2D eigenvalue weighted by atomic mass is 31.2. The minimum atomic E-state index is -4.37. The zero-order valence-electron chi connectivity index (χ0n) is 36.6. The molecule has 332 valence electrons. The third-order valence-electron chi connectivity index (χ3n) is 10.4. The van der Waals surface area contributed by atoms with Crippen LogP contribution < -0.4 is 5.73 Å². The molecule has 0 aromatic carbocycles. The van der Waals surface area contributed by atoms with E-state index in [0.29, 0.717) is 6.42 Å². The van der Waals surface area contributed by atoms with Gasteiger partial charge in [0.15, 0.2) is 6.10 Å². The smallest absolute Gasteiger partial charge is 0.462 e. The van der Waals surface area contributed by atoms with E-state index in [2.05, 4.69) is 26.0 Å². The zero-order chi connectivity index (χ0) is 41.1. The maximum absolute atomic E-state index is 12.6. The molecule has 0 spiro atoms. The highest BCUT2D eigenvalue weighted by molar-refractivity contribution is 7.47. The Balaban J connectivity index is 3.99. The molecule has 0 saturated carbocycles. The number of allylic oxidation sites excluding steroid dienone is 2. The summed E-state index contributed by atoms with van der Waals surface area (Å²) in [6, 6.07) is 0. The van der Waals surface area contributed by atoms with Crippen molar-refractivity contribution in [3.63, 3.8) is 0 Å². The predicted molar refractivity (Wildman–Crippen MR) is 234 cm³/mol. The van der Waals surface area contributed by atoms with Crippen molar-refractivity contribution < 1.29 is 37.6 Å². The Morgan fingerprint density at radius 1 is 0.518 bits per heavy atom. The van der Waals surface area contributed by atoms with Gasteiger partial charge in [0.05, 0.1) is 13.2 Å². The quantitative estimate of drug-likeness (QED) is 0.0266. The number of carbonyl (C=O) groups is 2. The van der Waals surface area contributed by atoms with Crippen molar-refractivity contribution in [3.8, 4) is 0 Å². The number of hydrogen-bond acceptors (Lipinski definition) is 8. The summed E-state index contributed by atoms with van der Waals surface area (Å²) in [6.07, 6.45) is 45.4. The molecule has 0 bridgehead atoms. The molecule has 10 heteroatoms. The van der Waals surface area contributed by atoms with Crippen LogP contribution in [-0.2, 0) is 32.7 Å². The van der Waals surface area contributed by atoms with Gasteiger partial charge in [0.1, 0.15) is 6.61 Å². The van der Waals surface area contributed by atoms with Crippen LogP contribution in [0.5, 0.6) is 0 Å². The van der Waals surface area contributed by atoms with Crippen molar-refractivity contribution in [3.05, 3.63) is 12.2 Å². The van der Waals surface area contributed by atoms with E-state index in [0.717, 1.165) is 51.4 Å². The lowest BCUT2D eigenvalue weighted by atomic mass is 10.0. The fourth-order valence-corrected chi connectivity index (χ4v) is 7.63. The fourth-order valence-electron chi connectivity index (χ4n) is 6.87. The summed E-state index contributed by atoms with van der Waals surface area (Å²) in [6.45, 7) is 3.74. The maximum Gasteiger partial charge on any atom is 0.472 e. The monoisotopic (exact) mass is 816 g/mol. The highest BCUT2D eigenvalue weighted by Crippen LogP contribution is 2.43. The van der Waals surface area contributed by atoms with E-state index in [4.69, 9.17) is 24.3 Å². The summed E-state index contributed by atoms with van der Waals surface area (Å²) in [5.41, 5.74) is 5.35. The second-order valence-electron chi connectivity index (χ2n) is 16.0. The lowest BCUT2D eigenvalue weighted by molar-refractivity contribution is -0.161. The van der Waals surface area contributed by atoms with E-state index in [1.54, 1.807) is 0 Å². The molecule has 0 aliphatic rings. The summed E-state index contributed by atoms with van der Waals surface area (Å²) in [4.78, 5) is 34.9. The van der Waals surface area contributed by atoms with Gasteiger partial charge in [0.25, 0.3) is 0 Å². The molecule has 3 N–H and O–H groups in total. The molecule has 9 nitrogen and oxygen atoms in total. The summed E-state index contributed by atoms with van der Waals surface area (Å²) in [7, 11) is -4.37. The van der Waals surface area contributed by atoms with Gasteiger partial charge in [-0.3, -0.25) is 18.6 Å². The first-order valence-electron chi connectivity index (χ1n) is 23.7. The second kappa shape index (κ2) is 43.3. The van der Waals surface area contributed by atoms with E-state index in [1.165, 1.54) is 154 Å². The van der Waals surface area contributed by atoms with Gasteiger partial charge in [-0.05, 0) is 38.5 Å². The van der Waals surface area contributed by atoms with Crippen LogP contribution in [0, 0.1) is 0 Å². The molecule has 0 aliphatic heterocycles. The fraction of sp³-hybridized carbons (Fsp3) is 0.913. The molecule has 1 unspecified atom stereocenters. The number of unbranched alkanes of at least 4 members (excludes halogenated alkanes) is 30. The molecule has 0 amide bonds. The molecule has 0 rings (SSSR count).